The van der Waals surface area contributed by atoms with Crippen molar-refractivity contribution in [1.29, 1.82) is 0 Å². The Balaban J connectivity index is 0.00000272. The summed E-state index contributed by atoms with van der Waals surface area (Å²) in [6, 6.07) is 7.03. The fourth-order valence-corrected chi connectivity index (χ4v) is 4.67. The van der Waals surface area contributed by atoms with Gasteiger partial charge in [0, 0.05) is 52.6 Å². The molecule has 0 fully saturated rings. The average molecular weight is 491 g/mol. The Morgan fingerprint density at radius 2 is 1.94 bits per heavy atom. The van der Waals surface area contributed by atoms with Crippen LogP contribution in [0.3, 0.4) is 0 Å². The van der Waals surface area contributed by atoms with E-state index in [1.165, 1.54) is 35.0 Å². The Labute approximate surface area is 212 Å². The molecule has 2 aromatic heterocycles. The van der Waals surface area contributed by atoms with Crippen molar-refractivity contribution in [1.82, 2.24) is 14.3 Å². The number of halogens is 4. The molecule has 5 nitrogen and oxygen atoms in total. The van der Waals surface area contributed by atoms with Gasteiger partial charge in [0.05, 0.1) is 32.9 Å². The van der Waals surface area contributed by atoms with Crippen molar-refractivity contribution in [3.63, 3.8) is 0 Å². The maximum absolute atomic E-state index is 15.0. The van der Waals surface area contributed by atoms with Crippen molar-refractivity contribution in [2.24, 2.45) is 0 Å². The van der Waals surface area contributed by atoms with Gasteiger partial charge in [0.15, 0.2) is 11.6 Å². The van der Waals surface area contributed by atoms with E-state index in [2.05, 4.69) is 5.10 Å². The molecule has 155 valence electrons. The maximum Gasteiger partial charge on any atom is 0.338 e. The summed E-state index contributed by atoms with van der Waals surface area (Å²) < 4.78 is 32.8. The molecule has 0 bridgehead atoms. The van der Waals surface area contributed by atoms with Crippen LogP contribution in [0.15, 0.2) is 52.5 Å². The number of hydrogen-bond acceptors (Lipinski definition) is 3. The second-order valence-electron chi connectivity index (χ2n) is 6.29. The number of carboxylic acids is 1. The van der Waals surface area contributed by atoms with E-state index in [0.717, 1.165) is 11.8 Å². The number of hydrogen-bond donors (Lipinski definition) is 1. The molecule has 0 atom stereocenters. The molecule has 0 saturated heterocycles. The van der Waals surface area contributed by atoms with Gasteiger partial charge in [-0.05, 0) is 31.2 Å². The minimum Gasteiger partial charge on any atom is -0.478 e. The smallest absolute Gasteiger partial charge is 0.338 e. The Kier molecular flexibility index (Phi) is 7.40. The first-order valence-electron chi connectivity index (χ1n) is 8.73. The summed E-state index contributed by atoms with van der Waals surface area (Å²) in [5, 5.41) is 13.8. The molecule has 0 aliphatic heterocycles. The summed E-state index contributed by atoms with van der Waals surface area (Å²) in [5.41, 5.74) is 0.179. The van der Waals surface area contributed by atoms with Crippen molar-refractivity contribution in [2.75, 3.05) is 0 Å². The molecule has 2 heterocycles. The second kappa shape index (κ2) is 9.52. The average Bonchev–Trinajstić information content (AvgIpc) is 3.29. The summed E-state index contributed by atoms with van der Waals surface area (Å²) in [6.45, 7) is 2.51. The van der Waals surface area contributed by atoms with Crippen LogP contribution in [0, 0.1) is 11.6 Å². The number of carbonyl (C=O) groups is 1. The number of aryl methyl sites for hydroxylation is 1. The third-order valence-electron chi connectivity index (χ3n) is 4.53. The molecule has 0 aliphatic rings. The second-order valence-corrected chi connectivity index (χ2v) is 8.11. The van der Waals surface area contributed by atoms with Gasteiger partial charge in [-0.25, -0.2) is 13.6 Å². The topological polar surface area (TPSA) is 60.0 Å². The van der Waals surface area contributed by atoms with E-state index in [1.54, 1.807) is 16.9 Å². The van der Waals surface area contributed by atoms with Crippen molar-refractivity contribution in [3.8, 4) is 5.69 Å². The van der Waals surface area contributed by atoms with E-state index in [1.807, 2.05) is 6.92 Å². The first-order chi connectivity index (χ1) is 14.3. The Morgan fingerprint density at radius 3 is 2.58 bits per heavy atom. The van der Waals surface area contributed by atoms with Crippen molar-refractivity contribution in [3.05, 3.63) is 70.1 Å². The van der Waals surface area contributed by atoms with E-state index in [0.29, 0.717) is 22.5 Å². The minimum absolute atomic E-state index is 0. The van der Waals surface area contributed by atoms with E-state index in [-0.39, 0.29) is 50.1 Å². The van der Waals surface area contributed by atoms with Gasteiger partial charge in [0.2, 0.25) is 0 Å². The molecule has 0 saturated carbocycles. The van der Waals surface area contributed by atoms with Crippen LogP contribution < -0.4 is 0 Å². The first kappa shape index (κ1) is 24.1. The number of nitrogens with zero attached hydrogens (tertiary/aromatic N) is 3. The molecule has 0 unspecified atom stereocenters. The summed E-state index contributed by atoms with van der Waals surface area (Å²) >= 11 is 13.5. The van der Waals surface area contributed by atoms with Crippen LogP contribution in [0.4, 0.5) is 8.78 Å². The number of carboxylic acid groups (broad SMARTS) is 1. The molecule has 4 aromatic rings. The monoisotopic (exact) mass is 490 g/mol. The number of aromatic nitrogens is 3. The normalized spacial score (nSPS) is 11.0. The fourth-order valence-electron chi connectivity index (χ4n) is 3.10. The Hall–Kier alpha value is -1.55. The molecule has 2 aromatic carbocycles. The summed E-state index contributed by atoms with van der Waals surface area (Å²) in [7, 11) is 0. The molecular weight excluding hydrogens is 478 g/mol. The zero-order chi connectivity index (χ0) is 21.6. The molecule has 0 spiro atoms. The van der Waals surface area contributed by atoms with Crippen LogP contribution in [0.25, 0.3) is 16.6 Å². The zero-order valence-electron chi connectivity index (χ0n) is 16.4. The molecule has 11 heteroatoms. The SMILES string of the molecule is CCn1cc(-n2c(Cl)c(Sc3cccc(C(=O)O)c3F)c3ccc(Cl)c(F)c32)cn1.[Na]. The van der Waals surface area contributed by atoms with E-state index in [9.17, 15) is 14.3 Å². The maximum atomic E-state index is 15.0. The van der Waals surface area contributed by atoms with Crippen molar-refractivity contribution in [2.45, 2.75) is 23.3 Å². The fraction of sp³-hybridized carbons (Fsp3) is 0.100. The molecular formula is C20H13Cl2F2N3NaO2S. The van der Waals surface area contributed by atoms with Gasteiger partial charge in [-0.2, -0.15) is 5.10 Å². The molecule has 0 aliphatic carbocycles. The van der Waals surface area contributed by atoms with Crippen LogP contribution in [-0.4, -0.2) is 55.0 Å². The van der Waals surface area contributed by atoms with E-state index >= 15 is 4.39 Å². The standard InChI is InChI=1S/C20H13Cl2F2N3O2S.Na/c1-2-26-9-10(8-25-26)27-17-12(6-7-13(21)16(17)24)18(19(27)22)30-14-5-3-4-11(15(14)23)20(28)29;/h3-9H,2H2,1H3,(H,28,29);. The number of benzene rings is 2. The third kappa shape index (κ3) is 4.25. The molecule has 0 amide bonds. The summed E-state index contributed by atoms with van der Waals surface area (Å²) in [6.07, 6.45) is 3.24. The van der Waals surface area contributed by atoms with E-state index in [4.69, 9.17) is 23.2 Å². The van der Waals surface area contributed by atoms with Gasteiger partial charge in [-0.1, -0.05) is 41.0 Å². The predicted octanol–water partition coefficient (Wildman–Crippen LogP) is 5.90. The molecule has 31 heavy (non-hydrogen) atoms. The van der Waals surface area contributed by atoms with Crippen LogP contribution in [0.1, 0.15) is 17.3 Å². The Bertz CT molecular complexity index is 1310. The van der Waals surface area contributed by atoms with Gasteiger partial charge in [0.1, 0.15) is 5.15 Å². The van der Waals surface area contributed by atoms with Crippen molar-refractivity contribution < 1.29 is 18.7 Å². The van der Waals surface area contributed by atoms with Crippen LogP contribution in [-0.2, 0) is 6.54 Å². The zero-order valence-corrected chi connectivity index (χ0v) is 20.7. The Morgan fingerprint density at radius 1 is 1.19 bits per heavy atom. The van der Waals surface area contributed by atoms with Crippen LogP contribution in [0.5, 0.6) is 0 Å². The largest absolute Gasteiger partial charge is 0.478 e. The van der Waals surface area contributed by atoms with Crippen molar-refractivity contribution >= 4 is 81.4 Å². The number of rotatable bonds is 5. The summed E-state index contributed by atoms with van der Waals surface area (Å²) in [4.78, 5) is 11.7. The van der Waals surface area contributed by atoms with Crippen LogP contribution >= 0.6 is 35.0 Å². The number of aromatic carboxylic acids is 1. The number of fused-ring (bicyclic) bond motifs is 1. The predicted molar refractivity (Wildman–Crippen MR) is 118 cm³/mol. The van der Waals surface area contributed by atoms with Gasteiger partial charge < -0.3 is 5.11 Å². The summed E-state index contributed by atoms with van der Waals surface area (Å²) in [5.74, 6) is -2.94. The molecule has 4 rings (SSSR count). The third-order valence-corrected chi connectivity index (χ3v) is 6.44. The van der Waals surface area contributed by atoms with E-state index < -0.39 is 23.2 Å². The van der Waals surface area contributed by atoms with Gasteiger partial charge >= 0.3 is 5.97 Å². The van der Waals surface area contributed by atoms with Gasteiger partial charge in [-0.15, -0.1) is 0 Å². The van der Waals surface area contributed by atoms with Crippen LogP contribution in [0.2, 0.25) is 10.2 Å². The van der Waals surface area contributed by atoms with Gasteiger partial charge in [-0.3, -0.25) is 9.25 Å². The first-order valence-corrected chi connectivity index (χ1v) is 10.3. The quantitative estimate of drug-likeness (QED) is 0.353. The molecule has 1 N–H and O–H groups in total. The molecule has 1 radical (unpaired) electrons. The van der Waals surface area contributed by atoms with Gasteiger partial charge in [0.25, 0.3) is 0 Å². The minimum atomic E-state index is -1.38.